The van der Waals surface area contributed by atoms with E-state index in [9.17, 15) is 0 Å². The van der Waals surface area contributed by atoms with Crippen molar-refractivity contribution in [1.29, 1.82) is 0 Å². The van der Waals surface area contributed by atoms with Gasteiger partial charge in [0.25, 0.3) is 0 Å². The second-order valence-corrected chi connectivity index (χ2v) is 6.64. The Kier molecular flexibility index (Phi) is 3.87. The molecule has 2 aromatic rings. The number of rotatable bonds is 5. The van der Waals surface area contributed by atoms with Gasteiger partial charge in [0, 0.05) is 25.2 Å². The molecule has 0 spiro atoms. The second kappa shape index (κ2) is 5.79. The molecule has 1 aliphatic heterocycles. The average Bonchev–Trinajstić information content (AvgIpc) is 3.04. The van der Waals surface area contributed by atoms with Crippen LogP contribution in [0.4, 0.5) is 10.8 Å². The minimum Gasteiger partial charge on any atom is -0.384 e. The van der Waals surface area contributed by atoms with Crippen LogP contribution in [0.5, 0.6) is 0 Å². The molecule has 3 rings (SSSR count). The maximum absolute atomic E-state index is 4.23. The standard InChI is InChI=1S/C15H20N4S/c1-10(2)8-13-18-19-15(20-13)17-9-12-5-3-4-11-6-7-16-14(11)12/h3-5,10,16H,6-9H2,1-2H3,(H,17,19). The molecule has 2 heterocycles. The van der Waals surface area contributed by atoms with Crippen molar-refractivity contribution < 1.29 is 0 Å². The summed E-state index contributed by atoms with van der Waals surface area (Å²) in [6, 6.07) is 6.50. The predicted octanol–water partition coefficient (Wildman–Crippen LogP) is 3.32. The summed E-state index contributed by atoms with van der Waals surface area (Å²) in [5, 5.41) is 17.3. The van der Waals surface area contributed by atoms with Crippen LogP contribution in [0, 0.1) is 5.92 Å². The second-order valence-electron chi connectivity index (χ2n) is 5.58. The van der Waals surface area contributed by atoms with E-state index in [0.717, 1.165) is 36.1 Å². The van der Waals surface area contributed by atoms with Gasteiger partial charge in [-0.3, -0.25) is 0 Å². The van der Waals surface area contributed by atoms with Crippen LogP contribution in [-0.4, -0.2) is 16.7 Å². The third kappa shape index (κ3) is 2.93. The Balaban J connectivity index is 1.65. The van der Waals surface area contributed by atoms with Crippen LogP contribution in [0.2, 0.25) is 0 Å². The molecule has 1 aromatic carbocycles. The Hall–Kier alpha value is -1.62. The van der Waals surface area contributed by atoms with Gasteiger partial charge in [-0.2, -0.15) is 0 Å². The summed E-state index contributed by atoms with van der Waals surface area (Å²) in [6.45, 7) is 6.25. The number of aromatic nitrogens is 2. The summed E-state index contributed by atoms with van der Waals surface area (Å²) in [4.78, 5) is 0. The van der Waals surface area contributed by atoms with Crippen LogP contribution in [0.1, 0.15) is 30.0 Å². The number of hydrogen-bond donors (Lipinski definition) is 2. The van der Waals surface area contributed by atoms with E-state index in [0.29, 0.717) is 5.92 Å². The summed E-state index contributed by atoms with van der Waals surface area (Å²) in [5.41, 5.74) is 4.02. The molecular weight excluding hydrogens is 268 g/mol. The van der Waals surface area contributed by atoms with Crippen molar-refractivity contribution in [3.8, 4) is 0 Å². The maximum atomic E-state index is 4.23. The summed E-state index contributed by atoms with van der Waals surface area (Å²) in [5.74, 6) is 0.623. The molecule has 5 heteroatoms. The van der Waals surface area contributed by atoms with Gasteiger partial charge >= 0.3 is 0 Å². The summed E-state index contributed by atoms with van der Waals surface area (Å²) < 4.78 is 0. The van der Waals surface area contributed by atoms with Crippen LogP contribution in [0.3, 0.4) is 0 Å². The highest BCUT2D eigenvalue weighted by atomic mass is 32.1. The van der Waals surface area contributed by atoms with E-state index in [1.54, 1.807) is 11.3 Å². The largest absolute Gasteiger partial charge is 0.384 e. The molecule has 0 radical (unpaired) electrons. The zero-order chi connectivity index (χ0) is 13.9. The van der Waals surface area contributed by atoms with E-state index in [1.165, 1.54) is 16.8 Å². The molecule has 0 saturated heterocycles. The summed E-state index contributed by atoms with van der Waals surface area (Å²) in [7, 11) is 0. The molecule has 0 saturated carbocycles. The fourth-order valence-electron chi connectivity index (χ4n) is 2.49. The van der Waals surface area contributed by atoms with Gasteiger partial charge in [0.2, 0.25) is 5.13 Å². The van der Waals surface area contributed by atoms with Crippen LogP contribution in [0.15, 0.2) is 18.2 Å². The number of hydrogen-bond acceptors (Lipinski definition) is 5. The zero-order valence-electron chi connectivity index (χ0n) is 11.9. The molecule has 0 unspecified atom stereocenters. The van der Waals surface area contributed by atoms with Gasteiger partial charge in [0.15, 0.2) is 0 Å². The van der Waals surface area contributed by atoms with E-state index in [1.807, 2.05) is 0 Å². The maximum Gasteiger partial charge on any atom is 0.205 e. The Bertz CT molecular complexity index is 591. The number of nitrogens with one attached hydrogen (secondary N) is 2. The highest BCUT2D eigenvalue weighted by Crippen LogP contribution is 2.27. The van der Waals surface area contributed by atoms with E-state index in [2.05, 4.69) is 52.9 Å². The number of anilines is 2. The van der Waals surface area contributed by atoms with E-state index in [-0.39, 0.29) is 0 Å². The van der Waals surface area contributed by atoms with Gasteiger partial charge in [-0.15, -0.1) is 10.2 Å². The lowest BCUT2D eigenvalue weighted by Gasteiger charge is -2.08. The molecule has 106 valence electrons. The summed E-state index contributed by atoms with van der Waals surface area (Å²) in [6.07, 6.45) is 2.13. The topological polar surface area (TPSA) is 49.8 Å². The SMILES string of the molecule is CC(C)Cc1nnc(NCc2cccc3c2NCC3)s1. The van der Waals surface area contributed by atoms with E-state index >= 15 is 0 Å². The first-order valence-corrected chi connectivity index (χ1v) is 7.95. The van der Waals surface area contributed by atoms with Crippen molar-refractivity contribution >= 4 is 22.2 Å². The first-order chi connectivity index (χ1) is 9.72. The van der Waals surface area contributed by atoms with Crippen LogP contribution in [0.25, 0.3) is 0 Å². The number of benzene rings is 1. The fraction of sp³-hybridized carbons (Fsp3) is 0.467. The molecular formula is C15H20N4S. The number of fused-ring (bicyclic) bond motifs is 1. The molecule has 0 bridgehead atoms. The first-order valence-electron chi connectivity index (χ1n) is 7.13. The first kappa shape index (κ1) is 13.4. The number of nitrogens with zero attached hydrogens (tertiary/aromatic N) is 2. The minimum atomic E-state index is 0.623. The highest BCUT2D eigenvalue weighted by molar-refractivity contribution is 7.15. The monoisotopic (exact) mass is 288 g/mol. The van der Waals surface area contributed by atoms with E-state index < -0.39 is 0 Å². The lowest BCUT2D eigenvalue weighted by atomic mass is 10.1. The van der Waals surface area contributed by atoms with Crippen molar-refractivity contribution in [2.24, 2.45) is 5.92 Å². The van der Waals surface area contributed by atoms with Gasteiger partial charge in [-0.25, -0.2) is 0 Å². The molecule has 0 fully saturated rings. The quantitative estimate of drug-likeness (QED) is 0.886. The van der Waals surface area contributed by atoms with Crippen molar-refractivity contribution in [1.82, 2.24) is 10.2 Å². The molecule has 0 amide bonds. The third-order valence-corrected chi connectivity index (χ3v) is 4.32. The smallest absolute Gasteiger partial charge is 0.205 e. The average molecular weight is 288 g/mol. The normalized spacial score (nSPS) is 13.3. The molecule has 4 nitrogen and oxygen atoms in total. The van der Waals surface area contributed by atoms with Gasteiger partial charge in [0.05, 0.1) is 0 Å². The van der Waals surface area contributed by atoms with Crippen LogP contribution < -0.4 is 10.6 Å². The zero-order valence-corrected chi connectivity index (χ0v) is 12.8. The van der Waals surface area contributed by atoms with Crippen LogP contribution >= 0.6 is 11.3 Å². The minimum absolute atomic E-state index is 0.623. The number of para-hydroxylation sites is 1. The summed E-state index contributed by atoms with van der Waals surface area (Å²) >= 11 is 1.66. The Morgan fingerprint density at radius 3 is 3.10 bits per heavy atom. The lowest BCUT2D eigenvalue weighted by molar-refractivity contribution is 0.640. The van der Waals surface area contributed by atoms with Crippen molar-refractivity contribution in [2.75, 3.05) is 17.2 Å². The van der Waals surface area contributed by atoms with Gasteiger partial charge in [-0.05, 0) is 23.5 Å². The van der Waals surface area contributed by atoms with Crippen molar-refractivity contribution in [2.45, 2.75) is 33.2 Å². The Labute approximate surface area is 123 Å². The molecule has 1 aromatic heterocycles. The van der Waals surface area contributed by atoms with Gasteiger partial charge in [-0.1, -0.05) is 43.4 Å². The van der Waals surface area contributed by atoms with Crippen LogP contribution in [-0.2, 0) is 19.4 Å². The molecule has 1 aliphatic rings. The van der Waals surface area contributed by atoms with E-state index in [4.69, 9.17) is 0 Å². The van der Waals surface area contributed by atoms with Gasteiger partial charge in [0.1, 0.15) is 5.01 Å². The van der Waals surface area contributed by atoms with Crippen molar-refractivity contribution in [3.63, 3.8) is 0 Å². The molecule has 0 atom stereocenters. The van der Waals surface area contributed by atoms with Crippen molar-refractivity contribution in [3.05, 3.63) is 34.3 Å². The van der Waals surface area contributed by atoms with Gasteiger partial charge < -0.3 is 10.6 Å². The fourth-order valence-corrected chi connectivity index (χ4v) is 3.43. The highest BCUT2D eigenvalue weighted by Gasteiger charge is 2.13. The molecule has 0 aliphatic carbocycles. The Morgan fingerprint density at radius 1 is 1.35 bits per heavy atom. The molecule has 2 N–H and O–H groups in total. The Morgan fingerprint density at radius 2 is 2.25 bits per heavy atom. The predicted molar refractivity (Wildman–Crippen MR) is 84.4 cm³/mol. The third-order valence-electron chi connectivity index (χ3n) is 3.41. The lowest BCUT2D eigenvalue weighted by Crippen LogP contribution is -2.02. The molecule has 20 heavy (non-hydrogen) atoms.